The lowest BCUT2D eigenvalue weighted by molar-refractivity contribution is -0.121. The number of methoxy groups -OCH3 is 1. The molecule has 0 saturated heterocycles. The molecule has 0 spiro atoms. The lowest BCUT2D eigenvalue weighted by Crippen LogP contribution is -2.13. The van der Waals surface area contributed by atoms with E-state index in [-0.39, 0.29) is 23.9 Å². The Bertz CT molecular complexity index is 433. The summed E-state index contributed by atoms with van der Waals surface area (Å²) in [6.45, 7) is 5.48. The summed E-state index contributed by atoms with van der Waals surface area (Å²) in [5.41, 5.74) is 1.47. The molecule has 17 heavy (non-hydrogen) atoms. The van der Waals surface area contributed by atoms with Gasteiger partial charge in [0.1, 0.15) is 11.5 Å². The summed E-state index contributed by atoms with van der Waals surface area (Å²) in [7, 11) is 1.59. The van der Waals surface area contributed by atoms with Gasteiger partial charge in [-0.15, -0.1) is 0 Å². The monoisotopic (exact) mass is 234 g/mol. The Kier molecular flexibility index (Phi) is 4.44. The maximum Gasteiger partial charge on any atom is 0.170 e. The second-order valence-corrected chi connectivity index (χ2v) is 4.41. The van der Waals surface area contributed by atoms with Gasteiger partial charge < -0.3 is 4.74 Å². The van der Waals surface area contributed by atoms with E-state index in [4.69, 9.17) is 4.74 Å². The van der Waals surface area contributed by atoms with Gasteiger partial charge in [0.15, 0.2) is 5.78 Å². The van der Waals surface area contributed by atoms with E-state index in [9.17, 15) is 9.59 Å². The van der Waals surface area contributed by atoms with Crippen LogP contribution in [0.2, 0.25) is 0 Å². The summed E-state index contributed by atoms with van der Waals surface area (Å²) >= 11 is 0. The molecule has 0 aliphatic rings. The second-order valence-electron chi connectivity index (χ2n) is 4.41. The number of benzene rings is 1. The molecule has 0 bridgehead atoms. The van der Waals surface area contributed by atoms with E-state index in [0.717, 1.165) is 11.3 Å². The number of rotatable bonds is 5. The van der Waals surface area contributed by atoms with Crippen LogP contribution in [0.1, 0.15) is 36.2 Å². The minimum atomic E-state index is -0.130. The SMILES string of the molecule is COc1ccc(C(=O)CC(=O)C(C)C)cc1C. The van der Waals surface area contributed by atoms with E-state index >= 15 is 0 Å². The molecule has 0 N–H and O–H groups in total. The largest absolute Gasteiger partial charge is 0.496 e. The van der Waals surface area contributed by atoms with Crippen molar-refractivity contribution in [2.24, 2.45) is 5.92 Å². The Morgan fingerprint density at radius 3 is 2.41 bits per heavy atom. The highest BCUT2D eigenvalue weighted by atomic mass is 16.5. The van der Waals surface area contributed by atoms with E-state index in [1.165, 1.54) is 0 Å². The molecule has 1 aromatic rings. The first-order valence-electron chi connectivity index (χ1n) is 5.66. The van der Waals surface area contributed by atoms with Crippen molar-refractivity contribution < 1.29 is 14.3 Å². The van der Waals surface area contributed by atoms with Crippen LogP contribution in [0.4, 0.5) is 0 Å². The van der Waals surface area contributed by atoms with Crippen molar-refractivity contribution in [3.63, 3.8) is 0 Å². The van der Waals surface area contributed by atoms with Gasteiger partial charge >= 0.3 is 0 Å². The molecule has 0 aromatic heterocycles. The van der Waals surface area contributed by atoms with Crippen molar-refractivity contribution in [2.45, 2.75) is 27.2 Å². The number of hydrogen-bond donors (Lipinski definition) is 0. The van der Waals surface area contributed by atoms with Gasteiger partial charge in [0.2, 0.25) is 0 Å². The third-order valence-electron chi connectivity index (χ3n) is 2.70. The normalized spacial score (nSPS) is 10.4. The Balaban J connectivity index is 2.83. The standard InChI is InChI=1S/C14H18O3/c1-9(2)12(15)8-13(16)11-5-6-14(17-4)10(3)7-11/h5-7,9H,8H2,1-4H3. The zero-order valence-electron chi connectivity index (χ0n) is 10.7. The van der Waals surface area contributed by atoms with Gasteiger partial charge in [0, 0.05) is 11.5 Å². The lowest BCUT2D eigenvalue weighted by Gasteiger charge is -2.07. The van der Waals surface area contributed by atoms with Gasteiger partial charge in [-0.25, -0.2) is 0 Å². The summed E-state index contributed by atoms with van der Waals surface area (Å²) in [5.74, 6) is 0.493. The second kappa shape index (κ2) is 5.62. The van der Waals surface area contributed by atoms with Crippen LogP contribution in [0, 0.1) is 12.8 Å². The molecule has 0 fully saturated rings. The minimum Gasteiger partial charge on any atom is -0.496 e. The fourth-order valence-corrected chi connectivity index (χ4v) is 1.52. The predicted molar refractivity (Wildman–Crippen MR) is 66.5 cm³/mol. The third-order valence-corrected chi connectivity index (χ3v) is 2.70. The Morgan fingerprint density at radius 2 is 1.94 bits per heavy atom. The summed E-state index contributed by atoms with van der Waals surface area (Å²) in [6, 6.07) is 5.21. The summed E-state index contributed by atoms with van der Waals surface area (Å²) in [6.07, 6.45) is -0.0244. The van der Waals surface area contributed by atoms with Crippen LogP contribution in [-0.2, 0) is 4.79 Å². The minimum absolute atomic E-state index is 0.0244. The number of aryl methyl sites for hydroxylation is 1. The van der Waals surface area contributed by atoms with Crippen LogP contribution in [0.15, 0.2) is 18.2 Å². The average molecular weight is 234 g/mol. The van der Waals surface area contributed by atoms with Crippen LogP contribution in [0.3, 0.4) is 0 Å². The van der Waals surface area contributed by atoms with Crippen molar-refractivity contribution in [3.8, 4) is 5.75 Å². The highest BCUT2D eigenvalue weighted by molar-refractivity contribution is 6.08. The zero-order valence-corrected chi connectivity index (χ0v) is 10.7. The molecule has 3 nitrogen and oxygen atoms in total. The van der Waals surface area contributed by atoms with E-state index in [1.807, 2.05) is 6.92 Å². The van der Waals surface area contributed by atoms with Gasteiger partial charge in [0.05, 0.1) is 13.5 Å². The fraction of sp³-hybridized carbons (Fsp3) is 0.429. The van der Waals surface area contributed by atoms with E-state index in [0.29, 0.717) is 5.56 Å². The molecule has 0 saturated carbocycles. The van der Waals surface area contributed by atoms with Crippen molar-refractivity contribution in [1.82, 2.24) is 0 Å². The molecule has 1 rings (SSSR count). The number of hydrogen-bond acceptors (Lipinski definition) is 3. The number of carbonyl (C=O) groups is 2. The first-order chi connectivity index (χ1) is 7.95. The van der Waals surface area contributed by atoms with Crippen molar-refractivity contribution in [3.05, 3.63) is 29.3 Å². The van der Waals surface area contributed by atoms with Crippen molar-refractivity contribution in [1.29, 1.82) is 0 Å². The first kappa shape index (κ1) is 13.4. The first-order valence-corrected chi connectivity index (χ1v) is 5.66. The van der Waals surface area contributed by atoms with Crippen LogP contribution >= 0.6 is 0 Å². The Morgan fingerprint density at radius 1 is 1.29 bits per heavy atom. The molecule has 0 aliphatic heterocycles. The zero-order chi connectivity index (χ0) is 13.0. The Hall–Kier alpha value is -1.64. The number of ketones is 2. The smallest absolute Gasteiger partial charge is 0.170 e. The molecular formula is C14H18O3. The van der Waals surface area contributed by atoms with E-state index < -0.39 is 0 Å². The van der Waals surface area contributed by atoms with Crippen LogP contribution in [-0.4, -0.2) is 18.7 Å². The predicted octanol–water partition coefficient (Wildman–Crippen LogP) is 2.80. The molecule has 3 heteroatoms. The van der Waals surface area contributed by atoms with Gasteiger partial charge in [-0.2, -0.15) is 0 Å². The molecule has 1 aromatic carbocycles. The average Bonchev–Trinajstić information content (AvgIpc) is 2.28. The van der Waals surface area contributed by atoms with Crippen molar-refractivity contribution >= 4 is 11.6 Å². The number of ether oxygens (including phenoxy) is 1. The van der Waals surface area contributed by atoms with Gasteiger partial charge in [0.25, 0.3) is 0 Å². The van der Waals surface area contributed by atoms with Gasteiger partial charge in [-0.1, -0.05) is 13.8 Å². The van der Waals surface area contributed by atoms with E-state index in [1.54, 1.807) is 39.2 Å². The summed E-state index contributed by atoms with van der Waals surface area (Å²) in [5, 5.41) is 0. The lowest BCUT2D eigenvalue weighted by atomic mass is 9.99. The molecule has 92 valence electrons. The number of carbonyl (C=O) groups excluding carboxylic acids is 2. The maximum atomic E-state index is 11.8. The maximum absolute atomic E-state index is 11.8. The van der Waals surface area contributed by atoms with Gasteiger partial charge in [-0.3, -0.25) is 9.59 Å². The highest BCUT2D eigenvalue weighted by Crippen LogP contribution is 2.19. The third kappa shape index (κ3) is 3.41. The molecule has 0 atom stereocenters. The quantitative estimate of drug-likeness (QED) is 0.581. The Labute approximate surface area is 102 Å². The summed E-state index contributed by atoms with van der Waals surface area (Å²) in [4.78, 5) is 23.3. The highest BCUT2D eigenvalue weighted by Gasteiger charge is 2.15. The number of Topliss-reactive ketones (excluding diaryl/α,β-unsaturated/α-hetero) is 2. The topological polar surface area (TPSA) is 43.4 Å². The fourth-order valence-electron chi connectivity index (χ4n) is 1.52. The molecule has 0 amide bonds. The molecule has 0 unspecified atom stereocenters. The molecular weight excluding hydrogens is 216 g/mol. The molecule has 0 radical (unpaired) electrons. The van der Waals surface area contributed by atoms with Crippen LogP contribution < -0.4 is 4.74 Å². The summed E-state index contributed by atoms with van der Waals surface area (Å²) < 4.78 is 5.12. The van der Waals surface area contributed by atoms with Crippen LogP contribution in [0.25, 0.3) is 0 Å². The molecule has 0 aliphatic carbocycles. The van der Waals surface area contributed by atoms with Gasteiger partial charge in [-0.05, 0) is 30.7 Å². The van der Waals surface area contributed by atoms with Crippen LogP contribution in [0.5, 0.6) is 5.75 Å². The van der Waals surface area contributed by atoms with Crippen molar-refractivity contribution in [2.75, 3.05) is 7.11 Å². The molecule has 0 heterocycles. The van der Waals surface area contributed by atoms with E-state index in [2.05, 4.69) is 0 Å².